The van der Waals surface area contributed by atoms with Crippen molar-refractivity contribution in [3.63, 3.8) is 0 Å². The van der Waals surface area contributed by atoms with Crippen LogP contribution < -0.4 is 5.32 Å². The van der Waals surface area contributed by atoms with Gasteiger partial charge in [0.2, 0.25) is 0 Å². The third-order valence-corrected chi connectivity index (χ3v) is 1.95. The van der Waals surface area contributed by atoms with Gasteiger partial charge < -0.3 is 9.88 Å². The Morgan fingerprint density at radius 2 is 2.46 bits per heavy atom. The predicted molar refractivity (Wildman–Crippen MR) is 54.3 cm³/mol. The van der Waals surface area contributed by atoms with Gasteiger partial charge in [-0.3, -0.25) is 0 Å². The molecule has 0 radical (unpaired) electrons. The van der Waals surface area contributed by atoms with Crippen molar-refractivity contribution in [1.29, 1.82) is 0 Å². The number of allylic oxidation sites excluding steroid dienone is 1. The molecule has 0 bridgehead atoms. The monoisotopic (exact) mass is 179 g/mol. The maximum Gasteiger partial charge on any atom is 0.0945 e. The summed E-state index contributed by atoms with van der Waals surface area (Å²) < 4.78 is 2.03. The van der Waals surface area contributed by atoms with Crippen LogP contribution in [0.4, 0.5) is 0 Å². The van der Waals surface area contributed by atoms with Crippen molar-refractivity contribution in [2.45, 2.75) is 19.9 Å². The summed E-state index contributed by atoms with van der Waals surface area (Å²) in [7, 11) is 2.01. The van der Waals surface area contributed by atoms with E-state index in [-0.39, 0.29) is 0 Å². The van der Waals surface area contributed by atoms with Crippen molar-refractivity contribution < 1.29 is 0 Å². The molecule has 0 spiro atoms. The summed E-state index contributed by atoms with van der Waals surface area (Å²) in [4.78, 5) is 4.05. The van der Waals surface area contributed by atoms with Crippen LogP contribution in [0.25, 0.3) is 0 Å². The standard InChI is InChI=1S/C10H17N3/c1-3-4-5-6-11-7-10-8-12-9-13(10)2/h3-4,8-9,11H,5-7H2,1-2H3/b4-3+. The van der Waals surface area contributed by atoms with E-state index < -0.39 is 0 Å². The summed E-state index contributed by atoms with van der Waals surface area (Å²) in [5, 5.41) is 3.35. The molecule has 1 aromatic heterocycles. The van der Waals surface area contributed by atoms with Crippen LogP contribution >= 0.6 is 0 Å². The third-order valence-electron chi connectivity index (χ3n) is 1.95. The summed E-state index contributed by atoms with van der Waals surface area (Å²) in [6, 6.07) is 0. The highest BCUT2D eigenvalue weighted by Crippen LogP contribution is 1.94. The quantitative estimate of drug-likeness (QED) is 0.548. The molecule has 72 valence electrons. The maximum absolute atomic E-state index is 4.05. The minimum atomic E-state index is 0.897. The lowest BCUT2D eigenvalue weighted by molar-refractivity contribution is 0.658. The molecule has 0 aromatic carbocycles. The third kappa shape index (κ3) is 3.42. The number of aromatic nitrogens is 2. The van der Waals surface area contributed by atoms with Gasteiger partial charge in [0.1, 0.15) is 0 Å². The SMILES string of the molecule is C/C=C/CCNCc1cncn1C. The fourth-order valence-corrected chi connectivity index (χ4v) is 1.12. The molecule has 3 heteroatoms. The van der Waals surface area contributed by atoms with Gasteiger partial charge in [0, 0.05) is 19.8 Å². The summed E-state index contributed by atoms with van der Waals surface area (Å²) in [6.45, 7) is 3.96. The molecule has 0 atom stereocenters. The van der Waals surface area contributed by atoms with Crippen LogP contribution in [0.5, 0.6) is 0 Å². The van der Waals surface area contributed by atoms with Crippen LogP contribution in [0.1, 0.15) is 19.0 Å². The Bertz CT molecular complexity index is 263. The molecular formula is C10H17N3. The number of aryl methyl sites for hydroxylation is 1. The first kappa shape index (κ1) is 9.99. The maximum atomic E-state index is 4.05. The van der Waals surface area contributed by atoms with E-state index in [4.69, 9.17) is 0 Å². The second-order valence-electron chi connectivity index (χ2n) is 3.03. The first-order valence-corrected chi connectivity index (χ1v) is 4.61. The molecule has 1 aromatic rings. The van der Waals surface area contributed by atoms with Crippen LogP contribution in [0.15, 0.2) is 24.7 Å². The molecule has 0 saturated carbocycles. The second-order valence-corrected chi connectivity index (χ2v) is 3.03. The first-order valence-electron chi connectivity index (χ1n) is 4.61. The van der Waals surface area contributed by atoms with Gasteiger partial charge >= 0.3 is 0 Å². The highest BCUT2D eigenvalue weighted by Gasteiger charge is 1.95. The minimum Gasteiger partial charge on any atom is -0.337 e. The second kappa shape index (κ2) is 5.54. The fourth-order valence-electron chi connectivity index (χ4n) is 1.12. The van der Waals surface area contributed by atoms with Gasteiger partial charge in [0.05, 0.1) is 12.0 Å². The van der Waals surface area contributed by atoms with Crippen molar-refractivity contribution in [2.24, 2.45) is 7.05 Å². The summed E-state index contributed by atoms with van der Waals surface area (Å²) >= 11 is 0. The van der Waals surface area contributed by atoms with Crippen LogP contribution in [0.3, 0.4) is 0 Å². The molecule has 0 amide bonds. The molecular weight excluding hydrogens is 162 g/mol. The average molecular weight is 179 g/mol. The molecule has 13 heavy (non-hydrogen) atoms. The van der Waals surface area contributed by atoms with E-state index in [1.807, 2.05) is 31.1 Å². The molecule has 0 aliphatic carbocycles. The lowest BCUT2D eigenvalue weighted by Crippen LogP contribution is -2.15. The minimum absolute atomic E-state index is 0.897. The van der Waals surface area contributed by atoms with Gasteiger partial charge in [-0.05, 0) is 19.9 Å². The van der Waals surface area contributed by atoms with Gasteiger partial charge in [-0.2, -0.15) is 0 Å². The molecule has 0 aliphatic rings. The Morgan fingerprint density at radius 1 is 1.62 bits per heavy atom. The number of nitrogens with one attached hydrogen (secondary N) is 1. The normalized spacial score (nSPS) is 11.2. The summed E-state index contributed by atoms with van der Waals surface area (Å²) in [5.74, 6) is 0. The van der Waals surface area contributed by atoms with Crippen molar-refractivity contribution in [2.75, 3.05) is 6.54 Å². The zero-order chi connectivity index (χ0) is 9.52. The zero-order valence-corrected chi connectivity index (χ0v) is 8.33. The highest BCUT2D eigenvalue weighted by atomic mass is 15.0. The lowest BCUT2D eigenvalue weighted by Gasteiger charge is -2.02. The number of imidazole rings is 1. The van der Waals surface area contributed by atoms with Crippen LogP contribution in [0.2, 0.25) is 0 Å². The fraction of sp³-hybridized carbons (Fsp3) is 0.500. The Morgan fingerprint density at radius 3 is 3.08 bits per heavy atom. The van der Waals surface area contributed by atoms with Crippen LogP contribution in [-0.4, -0.2) is 16.1 Å². The molecule has 1 rings (SSSR count). The molecule has 0 unspecified atom stereocenters. The zero-order valence-electron chi connectivity index (χ0n) is 8.33. The van der Waals surface area contributed by atoms with E-state index in [0.29, 0.717) is 0 Å². The molecule has 1 N–H and O–H groups in total. The Balaban J connectivity index is 2.16. The van der Waals surface area contributed by atoms with E-state index >= 15 is 0 Å². The van der Waals surface area contributed by atoms with Crippen LogP contribution in [-0.2, 0) is 13.6 Å². The van der Waals surface area contributed by atoms with Crippen molar-refractivity contribution in [3.8, 4) is 0 Å². The van der Waals surface area contributed by atoms with Crippen molar-refractivity contribution >= 4 is 0 Å². The summed E-state index contributed by atoms with van der Waals surface area (Å²) in [6.07, 6.45) is 9.04. The largest absolute Gasteiger partial charge is 0.337 e. The number of hydrogen-bond donors (Lipinski definition) is 1. The van der Waals surface area contributed by atoms with Gasteiger partial charge in [-0.1, -0.05) is 12.2 Å². The predicted octanol–water partition coefficient (Wildman–Crippen LogP) is 1.48. The Kier molecular flexibility index (Phi) is 4.26. The van der Waals surface area contributed by atoms with Gasteiger partial charge in [0.25, 0.3) is 0 Å². The van der Waals surface area contributed by atoms with Gasteiger partial charge in [-0.15, -0.1) is 0 Å². The Labute approximate surface area is 79.5 Å². The molecule has 0 aliphatic heterocycles. The van der Waals surface area contributed by atoms with Crippen molar-refractivity contribution in [1.82, 2.24) is 14.9 Å². The lowest BCUT2D eigenvalue weighted by atomic mass is 10.3. The highest BCUT2D eigenvalue weighted by molar-refractivity contribution is 4.96. The smallest absolute Gasteiger partial charge is 0.0945 e. The van der Waals surface area contributed by atoms with E-state index in [1.165, 1.54) is 5.69 Å². The van der Waals surface area contributed by atoms with E-state index in [9.17, 15) is 0 Å². The number of hydrogen-bond acceptors (Lipinski definition) is 2. The van der Waals surface area contributed by atoms with Crippen LogP contribution in [0, 0.1) is 0 Å². The van der Waals surface area contributed by atoms with Gasteiger partial charge in [0.15, 0.2) is 0 Å². The first-order chi connectivity index (χ1) is 6.34. The molecule has 1 heterocycles. The number of rotatable bonds is 5. The summed E-state index contributed by atoms with van der Waals surface area (Å²) in [5.41, 5.74) is 1.22. The van der Waals surface area contributed by atoms with E-state index in [1.54, 1.807) is 0 Å². The van der Waals surface area contributed by atoms with Gasteiger partial charge in [-0.25, -0.2) is 4.98 Å². The number of nitrogens with zero attached hydrogens (tertiary/aromatic N) is 2. The topological polar surface area (TPSA) is 29.9 Å². The van der Waals surface area contributed by atoms with E-state index in [2.05, 4.69) is 22.5 Å². The molecule has 3 nitrogen and oxygen atoms in total. The van der Waals surface area contributed by atoms with E-state index in [0.717, 1.165) is 19.5 Å². The molecule has 0 fully saturated rings. The van der Waals surface area contributed by atoms with Crippen molar-refractivity contribution in [3.05, 3.63) is 30.4 Å². The molecule has 0 saturated heterocycles. The average Bonchev–Trinajstić information content (AvgIpc) is 2.52. The Hall–Kier alpha value is -1.09.